The van der Waals surface area contributed by atoms with Crippen LogP contribution in [0.1, 0.15) is 6.92 Å². The molecule has 0 aromatic carbocycles. The van der Waals surface area contributed by atoms with E-state index in [0.717, 1.165) is 19.6 Å². The first-order chi connectivity index (χ1) is 4.66. The molecule has 3 N–H and O–H groups in total. The molecule has 0 aliphatic heterocycles. The van der Waals surface area contributed by atoms with Crippen LogP contribution < -0.4 is 11.1 Å². The normalized spacial score (nSPS) is 9.90. The van der Waals surface area contributed by atoms with Crippen LogP contribution >= 0.6 is 12.2 Å². The number of nitrogens with two attached hydrogens (primary N) is 1. The minimum absolute atomic E-state index is 0.379. The molecule has 0 spiro atoms. The molecule has 0 aliphatic rings. The van der Waals surface area contributed by atoms with Gasteiger partial charge in [-0.05, 0) is 25.8 Å². The van der Waals surface area contributed by atoms with Crippen LogP contribution in [0.25, 0.3) is 0 Å². The topological polar surface area (TPSA) is 41.3 Å². The van der Waals surface area contributed by atoms with E-state index in [4.69, 9.17) is 5.73 Å². The summed E-state index contributed by atoms with van der Waals surface area (Å²) in [6, 6.07) is 0. The quantitative estimate of drug-likeness (QED) is 0.559. The predicted octanol–water partition coefficient (Wildman–Crippen LogP) is -0.229. The Kier molecular flexibility index (Phi) is 5.25. The van der Waals surface area contributed by atoms with Gasteiger partial charge >= 0.3 is 0 Å². The van der Waals surface area contributed by atoms with Gasteiger partial charge in [-0.25, -0.2) is 0 Å². The van der Waals surface area contributed by atoms with E-state index >= 15 is 0 Å². The SMILES string of the molecule is CCN(C)CCNC(N)=S. The summed E-state index contributed by atoms with van der Waals surface area (Å²) in [4.78, 5) is 2.19. The van der Waals surface area contributed by atoms with E-state index in [9.17, 15) is 0 Å². The van der Waals surface area contributed by atoms with Crippen LogP contribution in [0.5, 0.6) is 0 Å². The maximum atomic E-state index is 5.22. The van der Waals surface area contributed by atoms with E-state index in [1.165, 1.54) is 0 Å². The Labute approximate surface area is 67.6 Å². The second-order valence-corrected chi connectivity index (χ2v) is 2.63. The number of likely N-dealkylation sites (N-methyl/N-ethyl adjacent to an activating group) is 1. The minimum Gasteiger partial charge on any atom is -0.376 e. The highest BCUT2D eigenvalue weighted by Crippen LogP contribution is 1.76. The molecule has 0 unspecified atom stereocenters. The molecule has 0 aliphatic carbocycles. The van der Waals surface area contributed by atoms with Crippen molar-refractivity contribution in [2.24, 2.45) is 5.73 Å². The Morgan fingerprint density at radius 1 is 1.70 bits per heavy atom. The van der Waals surface area contributed by atoms with Gasteiger partial charge in [0.15, 0.2) is 5.11 Å². The second kappa shape index (κ2) is 5.44. The van der Waals surface area contributed by atoms with Crippen molar-refractivity contribution < 1.29 is 0 Å². The Morgan fingerprint density at radius 3 is 2.70 bits per heavy atom. The van der Waals surface area contributed by atoms with Gasteiger partial charge in [0.1, 0.15) is 0 Å². The van der Waals surface area contributed by atoms with E-state index < -0.39 is 0 Å². The third-order valence-electron chi connectivity index (χ3n) is 1.33. The number of rotatable bonds is 4. The van der Waals surface area contributed by atoms with Crippen molar-refractivity contribution in [3.8, 4) is 0 Å². The molecule has 0 aromatic heterocycles. The molecule has 0 bridgehead atoms. The molecule has 4 heteroatoms. The van der Waals surface area contributed by atoms with E-state index in [-0.39, 0.29) is 0 Å². The van der Waals surface area contributed by atoms with Crippen LogP contribution in [0.2, 0.25) is 0 Å². The predicted molar refractivity (Wildman–Crippen MR) is 48.0 cm³/mol. The maximum Gasteiger partial charge on any atom is 0.163 e. The highest BCUT2D eigenvalue weighted by atomic mass is 32.1. The number of hydrogen-bond donors (Lipinski definition) is 2. The fourth-order valence-electron chi connectivity index (χ4n) is 0.528. The van der Waals surface area contributed by atoms with Gasteiger partial charge in [-0.1, -0.05) is 6.92 Å². The van der Waals surface area contributed by atoms with Gasteiger partial charge in [-0.2, -0.15) is 0 Å². The number of hydrogen-bond acceptors (Lipinski definition) is 2. The van der Waals surface area contributed by atoms with Gasteiger partial charge in [0, 0.05) is 13.1 Å². The van der Waals surface area contributed by atoms with Crippen LogP contribution in [0, 0.1) is 0 Å². The highest BCUT2D eigenvalue weighted by Gasteiger charge is 1.92. The summed E-state index contributed by atoms with van der Waals surface area (Å²) in [6.45, 7) is 4.98. The molecule has 0 saturated carbocycles. The van der Waals surface area contributed by atoms with Gasteiger partial charge in [-0.3, -0.25) is 0 Å². The Morgan fingerprint density at radius 2 is 2.30 bits per heavy atom. The fraction of sp³-hybridized carbons (Fsp3) is 0.833. The zero-order chi connectivity index (χ0) is 7.98. The lowest BCUT2D eigenvalue weighted by molar-refractivity contribution is 0.358. The van der Waals surface area contributed by atoms with Gasteiger partial charge in [-0.15, -0.1) is 0 Å². The van der Waals surface area contributed by atoms with Crippen LogP contribution in [-0.2, 0) is 0 Å². The van der Waals surface area contributed by atoms with Crippen molar-refractivity contribution in [1.82, 2.24) is 10.2 Å². The molecule has 0 fully saturated rings. The standard InChI is InChI=1S/C6H15N3S/c1-3-9(2)5-4-8-6(7)10/h3-5H2,1-2H3,(H3,7,8,10). The zero-order valence-electron chi connectivity index (χ0n) is 6.55. The molecule has 60 valence electrons. The molecule has 0 amide bonds. The summed E-state index contributed by atoms with van der Waals surface area (Å²) in [5.74, 6) is 0. The fourth-order valence-corrected chi connectivity index (χ4v) is 0.630. The lowest BCUT2D eigenvalue weighted by Gasteiger charge is -2.13. The summed E-state index contributed by atoms with van der Waals surface area (Å²) in [5, 5.41) is 3.26. The van der Waals surface area contributed by atoms with Crippen molar-refractivity contribution in [3.05, 3.63) is 0 Å². The highest BCUT2D eigenvalue weighted by molar-refractivity contribution is 7.80. The summed E-state index contributed by atoms with van der Waals surface area (Å²) < 4.78 is 0. The Hall–Kier alpha value is -0.350. The molecule has 0 heterocycles. The van der Waals surface area contributed by atoms with E-state index in [1.54, 1.807) is 0 Å². The van der Waals surface area contributed by atoms with Crippen LogP contribution in [0.4, 0.5) is 0 Å². The average Bonchev–Trinajstić information content (AvgIpc) is 1.87. The number of nitrogens with one attached hydrogen (secondary N) is 1. The van der Waals surface area contributed by atoms with Crippen LogP contribution in [0.15, 0.2) is 0 Å². The first-order valence-corrected chi connectivity index (χ1v) is 3.79. The van der Waals surface area contributed by atoms with E-state index in [0.29, 0.717) is 5.11 Å². The van der Waals surface area contributed by atoms with Gasteiger partial charge in [0.05, 0.1) is 0 Å². The number of thiocarbonyl (C=S) groups is 1. The smallest absolute Gasteiger partial charge is 0.163 e. The average molecular weight is 161 g/mol. The number of nitrogens with zero attached hydrogens (tertiary/aromatic N) is 1. The van der Waals surface area contributed by atoms with Crippen molar-refractivity contribution in [2.75, 3.05) is 26.7 Å². The monoisotopic (exact) mass is 161 g/mol. The first-order valence-electron chi connectivity index (χ1n) is 3.38. The molecule has 0 rings (SSSR count). The molecule has 10 heavy (non-hydrogen) atoms. The maximum absolute atomic E-state index is 5.22. The first kappa shape index (κ1) is 9.65. The molecular weight excluding hydrogens is 146 g/mol. The largest absolute Gasteiger partial charge is 0.376 e. The molecule has 0 radical (unpaired) electrons. The lowest BCUT2D eigenvalue weighted by atomic mass is 10.5. The van der Waals surface area contributed by atoms with Gasteiger partial charge in [0.25, 0.3) is 0 Å². The van der Waals surface area contributed by atoms with Gasteiger partial charge in [0.2, 0.25) is 0 Å². The summed E-state index contributed by atoms with van der Waals surface area (Å²) in [6.07, 6.45) is 0. The van der Waals surface area contributed by atoms with Crippen molar-refractivity contribution >= 4 is 17.3 Å². The van der Waals surface area contributed by atoms with Crippen molar-refractivity contribution in [3.63, 3.8) is 0 Å². The van der Waals surface area contributed by atoms with Crippen molar-refractivity contribution in [2.45, 2.75) is 6.92 Å². The summed E-state index contributed by atoms with van der Waals surface area (Å²) >= 11 is 4.63. The molecule has 3 nitrogen and oxygen atoms in total. The van der Waals surface area contributed by atoms with Crippen molar-refractivity contribution in [1.29, 1.82) is 0 Å². The second-order valence-electron chi connectivity index (χ2n) is 2.19. The Balaban J connectivity index is 3.11. The Bertz CT molecular complexity index is 105. The summed E-state index contributed by atoms with van der Waals surface area (Å²) in [7, 11) is 2.06. The minimum atomic E-state index is 0.379. The molecule has 0 atom stereocenters. The van der Waals surface area contributed by atoms with Gasteiger partial charge < -0.3 is 16.0 Å². The van der Waals surface area contributed by atoms with E-state index in [1.807, 2.05) is 0 Å². The third kappa shape index (κ3) is 5.78. The van der Waals surface area contributed by atoms with Crippen LogP contribution in [0.3, 0.4) is 0 Å². The third-order valence-corrected chi connectivity index (χ3v) is 1.48. The summed E-state index contributed by atoms with van der Waals surface area (Å²) in [5.41, 5.74) is 5.22. The zero-order valence-corrected chi connectivity index (χ0v) is 7.37. The molecule has 0 saturated heterocycles. The van der Waals surface area contributed by atoms with Crippen LogP contribution in [-0.4, -0.2) is 36.7 Å². The lowest BCUT2D eigenvalue weighted by Crippen LogP contribution is -2.35. The molecular formula is C6H15N3S. The molecule has 0 aromatic rings. The van der Waals surface area contributed by atoms with E-state index in [2.05, 4.69) is 36.4 Å².